The summed E-state index contributed by atoms with van der Waals surface area (Å²) in [7, 11) is 0. The van der Waals surface area contributed by atoms with Gasteiger partial charge in [0, 0.05) is 19.6 Å². The predicted molar refractivity (Wildman–Crippen MR) is 82.6 cm³/mol. The Morgan fingerprint density at radius 3 is 2.96 bits per heavy atom. The average molecular weight is 317 g/mol. The van der Waals surface area contributed by atoms with E-state index in [0.29, 0.717) is 45.9 Å². The van der Waals surface area contributed by atoms with Crippen LogP contribution < -0.4 is 9.64 Å². The smallest absolute Gasteiger partial charge is 0.410 e. The second kappa shape index (κ2) is 5.73. The number of carbonyl (C=O) groups excluding carboxylic acids is 2. The van der Waals surface area contributed by atoms with Gasteiger partial charge in [0.2, 0.25) is 5.91 Å². The molecule has 0 bridgehead atoms. The van der Waals surface area contributed by atoms with Crippen LogP contribution in [0.3, 0.4) is 0 Å². The number of carbonyl (C=O) groups is 2. The molecule has 1 aromatic rings. The van der Waals surface area contributed by atoms with Gasteiger partial charge in [-0.25, -0.2) is 4.79 Å². The van der Waals surface area contributed by atoms with Gasteiger partial charge in [0.05, 0.1) is 24.8 Å². The van der Waals surface area contributed by atoms with E-state index < -0.39 is 0 Å². The number of hydrogen-bond acceptors (Lipinski definition) is 5. The Kier molecular flexibility index (Phi) is 3.57. The topological polar surface area (TPSA) is 62.3 Å². The van der Waals surface area contributed by atoms with Crippen molar-refractivity contribution in [3.8, 4) is 5.75 Å². The highest BCUT2D eigenvalue weighted by Gasteiger charge is 2.38. The molecule has 0 aromatic heterocycles. The van der Waals surface area contributed by atoms with Gasteiger partial charge in [-0.05, 0) is 12.1 Å². The van der Waals surface area contributed by atoms with Crippen molar-refractivity contribution in [2.45, 2.75) is 6.04 Å². The number of benzene rings is 1. The Morgan fingerprint density at radius 2 is 2.04 bits per heavy atom. The first kappa shape index (κ1) is 14.3. The molecule has 4 rings (SSSR count). The Morgan fingerprint density at radius 1 is 1.17 bits per heavy atom. The monoisotopic (exact) mass is 317 g/mol. The third-order valence-electron chi connectivity index (χ3n) is 4.59. The van der Waals surface area contributed by atoms with Gasteiger partial charge in [-0.1, -0.05) is 12.1 Å². The maximum absolute atomic E-state index is 12.7. The molecule has 3 aliphatic rings. The molecule has 0 N–H and O–H groups in total. The van der Waals surface area contributed by atoms with Crippen molar-refractivity contribution in [1.82, 2.24) is 9.80 Å². The lowest BCUT2D eigenvalue weighted by atomic mass is 10.2. The van der Waals surface area contributed by atoms with E-state index in [2.05, 4.69) is 4.90 Å². The SMILES string of the molecule is O=C(CN1CCN2C(=O)OC[C@@H]2C1)N1CCOc2ccccc21. The first-order valence-electron chi connectivity index (χ1n) is 7.90. The summed E-state index contributed by atoms with van der Waals surface area (Å²) in [5.41, 5.74) is 0.835. The zero-order valence-corrected chi connectivity index (χ0v) is 12.8. The summed E-state index contributed by atoms with van der Waals surface area (Å²) in [4.78, 5) is 29.9. The fourth-order valence-corrected chi connectivity index (χ4v) is 3.40. The van der Waals surface area contributed by atoms with Crippen LogP contribution in [0.5, 0.6) is 5.75 Å². The van der Waals surface area contributed by atoms with Gasteiger partial charge in [0.25, 0.3) is 0 Å². The van der Waals surface area contributed by atoms with E-state index in [-0.39, 0.29) is 18.0 Å². The van der Waals surface area contributed by atoms with Crippen LogP contribution in [0.2, 0.25) is 0 Å². The largest absolute Gasteiger partial charge is 0.490 e. The molecule has 122 valence electrons. The molecular weight excluding hydrogens is 298 g/mol. The lowest BCUT2D eigenvalue weighted by Crippen LogP contribution is -2.54. The third-order valence-corrected chi connectivity index (χ3v) is 4.59. The van der Waals surface area contributed by atoms with Crippen LogP contribution in [0.4, 0.5) is 10.5 Å². The van der Waals surface area contributed by atoms with Gasteiger partial charge in [-0.2, -0.15) is 0 Å². The van der Waals surface area contributed by atoms with Crippen molar-refractivity contribution in [2.24, 2.45) is 0 Å². The third kappa shape index (κ3) is 2.61. The minimum atomic E-state index is -0.233. The Hall–Kier alpha value is -2.28. The number of piperazine rings is 1. The molecule has 1 aromatic carbocycles. The van der Waals surface area contributed by atoms with E-state index in [1.807, 2.05) is 24.3 Å². The molecule has 0 radical (unpaired) electrons. The lowest BCUT2D eigenvalue weighted by Gasteiger charge is -2.36. The number of hydrogen-bond donors (Lipinski definition) is 0. The van der Waals surface area contributed by atoms with E-state index in [4.69, 9.17) is 9.47 Å². The Balaban J connectivity index is 1.42. The first-order chi connectivity index (χ1) is 11.2. The molecule has 7 nitrogen and oxygen atoms in total. The number of nitrogens with zero attached hydrogens (tertiary/aromatic N) is 3. The van der Waals surface area contributed by atoms with Crippen LogP contribution >= 0.6 is 0 Å². The van der Waals surface area contributed by atoms with Crippen molar-refractivity contribution in [2.75, 3.05) is 50.8 Å². The first-order valence-corrected chi connectivity index (χ1v) is 7.90. The number of ether oxygens (including phenoxy) is 2. The fraction of sp³-hybridized carbons (Fsp3) is 0.500. The molecule has 3 heterocycles. The highest BCUT2D eigenvalue weighted by Crippen LogP contribution is 2.31. The minimum absolute atomic E-state index is 0.0689. The van der Waals surface area contributed by atoms with E-state index in [0.717, 1.165) is 11.4 Å². The molecular formula is C16H19N3O4. The predicted octanol–water partition coefficient (Wildman–Crippen LogP) is 0.548. The Bertz CT molecular complexity index is 636. The van der Waals surface area contributed by atoms with Gasteiger partial charge in [0.1, 0.15) is 19.0 Å². The van der Waals surface area contributed by atoms with Crippen LogP contribution in [0.25, 0.3) is 0 Å². The molecule has 3 aliphatic heterocycles. The van der Waals surface area contributed by atoms with Crippen molar-refractivity contribution in [3.63, 3.8) is 0 Å². The number of amides is 2. The van der Waals surface area contributed by atoms with Gasteiger partial charge in [0.15, 0.2) is 0 Å². The molecule has 0 saturated carbocycles. The molecule has 2 amide bonds. The van der Waals surface area contributed by atoms with E-state index in [1.165, 1.54) is 0 Å². The number of para-hydroxylation sites is 2. The number of fused-ring (bicyclic) bond motifs is 2. The maximum atomic E-state index is 12.7. The summed E-state index contributed by atoms with van der Waals surface area (Å²) in [6, 6.07) is 7.68. The van der Waals surface area contributed by atoms with Crippen molar-refractivity contribution < 1.29 is 19.1 Å². The zero-order chi connectivity index (χ0) is 15.8. The molecule has 0 unspecified atom stereocenters. The Labute approximate surface area is 134 Å². The quantitative estimate of drug-likeness (QED) is 0.797. The van der Waals surface area contributed by atoms with Crippen LogP contribution in [0.15, 0.2) is 24.3 Å². The fourth-order valence-electron chi connectivity index (χ4n) is 3.40. The number of rotatable bonds is 2. The summed E-state index contributed by atoms with van der Waals surface area (Å²) in [6.07, 6.45) is -0.233. The molecule has 23 heavy (non-hydrogen) atoms. The maximum Gasteiger partial charge on any atom is 0.410 e. The second-order valence-corrected chi connectivity index (χ2v) is 6.02. The van der Waals surface area contributed by atoms with Gasteiger partial charge < -0.3 is 14.4 Å². The average Bonchev–Trinajstić information content (AvgIpc) is 2.95. The van der Waals surface area contributed by atoms with Gasteiger partial charge in [-0.15, -0.1) is 0 Å². The van der Waals surface area contributed by atoms with Crippen LogP contribution in [-0.2, 0) is 9.53 Å². The van der Waals surface area contributed by atoms with E-state index in [1.54, 1.807) is 9.80 Å². The summed E-state index contributed by atoms with van der Waals surface area (Å²) in [5, 5.41) is 0. The molecule has 0 aliphatic carbocycles. The highest BCUT2D eigenvalue weighted by molar-refractivity contribution is 5.96. The van der Waals surface area contributed by atoms with Crippen LogP contribution in [0.1, 0.15) is 0 Å². The van der Waals surface area contributed by atoms with Crippen molar-refractivity contribution in [3.05, 3.63) is 24.3 Å². The zero-order valence-electron chi connectivity index (χ0n) is 12.8. The molecule has 7 heteroatoms. The van der Waals surface area contributed by atoms with Crippen molar-refractivity contribution in [1.29, 1.82) is 0 Å². The van der Waals surface area contributed by atoms with E-state index in [9.17, 15) is 9.59 Å². The minimum Gasteiger partial charge on any atom is -0.490 e. The summed E-state index contributed by atoms with van der Waals surface area (Å²) >= 11 is 0. The molecule has 2 fully saturated rings. The van der Waals surface area contributed by atoms with E-state index >= 15 is 0 Å². The van der Waals surface area contributed by atoms with Gasteiger partial charge >= 0.3 is 6.09 Å². The van der Waals surface area contributed by atoms with Crippen LogP contribution in [-0.4, -0.2) is 73.8 Å². The molecule has 2 saturated heterocycles. The standard InChI is InChI=1S/C16H19N3O4/c20-15(19-7-8-22-14-4-2-1-3-13(14)19)10-17-5-6-18-12(9-17)11-23-16(18)21/h1-4,12H,5-11H2/t12-/m0/s1. The highest BCUT2D eigenvalue weighted by atomic mass is 16.6. The molecule has 0 spiro atoms. The second-order valence-electron chi connectivity index (χ2n) is 6.02. The number of anilines is 1. The number of cyclic esters (lactones) is 1. The van der Waals surface area contributed by atoms with Crippen molar-refractivity contribution >= 4 is 17.7 Å². The van der Waals surface area contributed by atoms with Crippen LogP contribution in [0, 0.1) is 0 Å². The van der Waals surface area contributed by atoms with Gasteiger partial charge in [-0.3, -0.25) is 14.6 Å². The summed E-state index contributed by atoms with van der Waals surface area (Å²) < 4.78 is 10.7. The lowest BCUT2D eigenvalue weighted by molar-refractivity contribution is -0.120. The molecule has 1 atom stereocenters. The summed E-state index contributed by atoms with van der Waals surface area (Å²) in [5.74, 6) is 0.825. The normalized spacial score (nSPS) is 23.8. The summed E-state index contributed by atoms with van der Waals surface area (Å²) in [6.45, 7) is 3.86.